The van der Waals surface area contributed by atoms with Crippen LogP contribution in [0.4, 0.5) is 0 Å². The van der Waals surface area contributed by atoms with Gasteiger partial charge in [-0.05, 0) is 19.8 Å². The molecule has 45 nitrogen and oxygen atoms in total. The third kappa shape index (κ3) is 27.9. The molecule has 1 amide bonds. The smallest absolute Gasteiger partial charge is 0.303 e. The number of carbonyl (C=O) groups excluding carboxylic acids is 15. The third-order valence-electron chi connectivity index (χ3n) is 17.5. The van der Waals surface area contributed by atoms with E-state index < -0.39 is 307 Å². The van der Waals surface area contributed by atoms with E-state index >= 15 is 0 Å². The van der Waals surface area contributed by atoms with Crippen molar-refractivity contribution in [2.45, 2.75) is 308 Å². The lowest BCUT2D eigenvalue weighted by Crippen LogP contribution is -2.72. The minimum Gasteiger partial charge on any atom is -0.463 e. The first-order valence-corrected chi connectivity index (χ1v) is 36.4. The zero-order valence-corrected chi connectivity index (χ0v) is 66.3. The molecule has 0 spiro atoms. The van der Waals surface area contributed by atoms with Crippen LogP contribution in [-0.2, 0) is 195 Å². The van der Waals surface area contributed by atoms with Gasteiger partial charge < -0.3 is 144 Å². The van der Waals surface area contributed by atoms with Crippen molar-refractivity contribution in [3.8, 4) is 0 Å². The fourth-order valence-electron chi connectivity index (χ4n) is 13.1. The Bertz CT molecular complexity index is 3440. The topological polar surface area (TPSA) is 569 Å². The van der Waals surface area contributed by atoms with Crippen LogP contribution in [0.25, 0.3) is 0 Å². The molecule has 6 aliphatic rings. The van der Waals surface area contributed by atoms with E-state index in [1.165, 1.54) is 6.92 Å². The van der Waals surface area contributed by atoms with Crippen molar-refractivity contribution in [3.05, 3.63) is 12.7 Å². The molecular weight excluding hydrogens is 1570 g/mol. The molecular formula is C71H101NO44. The molecule has 0 unspecified atom stereocenters. The lowest BCUT2D eigenvalue weighted by Gasteiger charge is -2.52. The van der Waals surface area contributed by atoms with Crippen LogP contribution in [-0.4, -0.2) is 329 Å². The quantitative estimate of drug-likeness (QED) is 0.0213. The average molecular weight is 1670 g/mol. The average Bonchev–Trinajstić information content (AvgIpc) is 0.758. The first-order valence-electron chi connectivity index (χ1n) is 36.4. The van der Waals surface area contributed by atoms with Crippen LogP contribution in [0.15, 0.2) is 12.7 Å². The second-order valence-corrected chi connectivity index (χ2v) is 27.1. The first-order chi connectivity index (χ1) is 54.5. The third-order valence-corrected chi connectivity index (χ3v) is 17.5. The molecule has 0 bridgehead atoms. The summed E-state index contributed by atoms with van der Waals surface area (Å²) in [6, 6.07) is -2.14. The number of amides is 1. The molecule has 6 aliphatic heterocycles. The molecule has 6 rings (SSSR count). The normalized spacial score (nSPS) is 34.8. The molecule has 0 aliphatic carbocycles. The molecule has 116 heavy (non-hydrogen) atoms. The van der Waals surface area contributed by atoms with E-state index in [1.54, 1.807) is 6.08 Å². The van der Waals surface area contributed by atoms with Gasteiger partial charge in [0.25, 0.3) is 0 Å². The molecule has 6 fully saturated rings. The Morgan fingerprint density at radius 1 is 0.302 bits per heavy atom. The number of hydrogen-bond acceptors (Lipinski definition) is 44. The van der Waals surface area contributed by atoms with Crippen molar-refractivity contribution < 1.29 is 210 Å². The number of aliphatic hydroxyl groups excluding tert-OH is 3. The van der Waals surface area contributed by atoms with Crippen molar-refractivity contribution in [3.63, 3.8) is 0 Å². The van der Waals surface area contributed by atoms with Gasteiger partial charge in [0.1, 0.15) is 112 Å². The van der Waals surface area contributed by atoms with Crippen LogP contribution in [0.3, 0.4) is 0 Å². The number of carbonyl (C=O) groups is 15. The number of aliphatic hydroxyl groups is 3. The zero-order chi connectivity index (χ0) is 86.4. The van der Waals surface area contributed by atoms with Gasteiger partial charge in [-0.3, -0.25) is 71.9 Å². The zero-order valence-electron chi connectivity index (χ0n) is 66.3. The van der Waals surface area contributed by atoms with E-state index in [1.807, 2.05) is 0 Å². The minimum atomic E-state index is -2.41. The van der Waals surface area contributed by atoms with Crippen LogP contribution in [0.1, 0.15) is 124 Å². The number of esters is 14. The number of ether oxygens (including phenoxy) is 26. The number of unbranched alkanes of at least 4 members (excludes halogenated alkanes) is 1. The highest BCUT2D eigenvalue weighted by Gasteiger charge is 2.63. The summed E-state index contributed by atoms with van der Waals surface area (Å²) in [5.74, 6) is -16.3. The largest absolute Gasteiger partial charge is 0.463 e. The van der Waals surface area contributed by atoms with Crippen molar-refractivity contribution in [1.29, 1.82) is 0 Å². The van der Waals surface area contributed by atoms with Gasteiger partial charge in [-0.15, -0.1) is 6.58 Å². The Labute approximate surface area is 663 Å². The highest BCUT2D eigenvalue weighted by Crippen LogP contribution is 2.42. The van der Waals surface area contributed by atoms with Gasteiger partial charge in [-0.1, -0.05) is 6.08 Å². The van der Waals surface area contributed by atoms with Crippen LogP contribution in [0.5, 0.6) is 0 Å². The van der Waals surface area contributed by atoms with Crippen molar-refractivity contribution in [1.82, 2.24) is 5.32 Å². The van der Waals surface area contributed by atoms with E-state index in [4.69, 9.17) is 123 Å². The second kappa shape index (κ2) is 44.7. The minimum absolute atomic E-state index is 0.0922. The maximum atomic E-state index is 14.0. The van der Waals surface area contributed by atoms with Crippen LogP contribution >= 0.6 is 0 Å². The van der Waals surface area contributed by atoms with Crippen molar-refractivity contribution >= 4 is 89.5 Å². The summed E-state index contributed by atoms with van der Waals surface area (Å²) in [6.07, 6.45) is -56.7. The van der Waals surface area contributed by atoms with Gasteiger partial charge in [0.05, 0.1) is 12.7 Å². The lowest BCUT2D eigenvalue weighted by atomic mass is 9.93. The van der Waals surface area contributed by atoms with Gasteiger partial charge in [-0.25, -0.2) is 0 Å². The summed E-state index contributed by atoms with van der Waals surface area (Å²) < 4.78 is 157. The molecule has 0 saturated carbocycles. The fraction of sp³-hybridized carbons (Fsp3) is 0.761. The highest BCUT2D eigenvalue weighted by molar-refractivity contribution is 5.74. The summed E-state index contributed by atoms with van der Waals surface area (Å²) in [4.78, 5) is 199. The van der Waals surface area contributed by atoms with E-state index in [0.717, 1.165) is 104 Å². The van der Waals surface area contributed by atoms with Gasteiger partial charge in [0, 0.05) is 104 Å². The molecule has 4 N–H and O–H groups in total. The van der Waals surface area contributed by atoms with E-state index in [-0.39, 0.29) is 6.61 Å². The second-order valence-electron chi connectivity index (χ2n) is 27.1. The molecule has 6 heterocycles. The summed E-state index contributed by atoms with van der Waals surface area (Å²) >= 11 is 0. The SMILES string of the molecule is C=CCCCO[C@@H]1O[C@H](COC(C)=O)[C@@H](O[C@@H]2O[C@H](COC(C)=O)[C@H](O[C@H]3O[C@H](COC(C)=O)[C@H](OC(C)=O)[C@H](O[C@@H]4O[C@H](COC(C)=O)[C@H](OC(C)=O)[C@H](O[C@@H]5O[C@H](COC(C)=O)[C@H](OC(C)=O)[C@H](OC(C)=O)[C@H]5O[C@@H]5O[C@@H](C)[C@@H](O)[C@@H](O)[C@@H]5O)[C@H]4NC(C)=O)[C@H]3OC(C)=O)[C@H](OC(C)=O)[C@H]2OC(C)=O)[C@H](OC(C)=O)[C@H]1OC(C)=O. The number of rotatable bonds is 35. The standard InChI is InChI=1S/C71H101NO44/c1-18-19-20-21-91-68-62(104-40(15)85)59(102-38(13)83)55(46(108-68)25-95-32(7)77)112-69-63(105-41(16)86)60(103-39(14)84)56(47(111-69)26-96-33(8)78)113-70-64(106-42(17)87)61(54(100-36(11)81)45(109-70)24-94-31(6)76)115-66-48(72-28(3)73)57(52(98-34(9)79)43(107-66)22-92-29(4)74)114-71-65(116-67-51(90)50(89)49(88)27(2)97-67)58(101-37(12)82)53(99-35(10)80)44(110-71)23-93-30(5)75/h18,27,43-71,88-90H,1,19-26H2,2-17H3,(H,72,73)/t27-,43+,44+,45+,46+,47+,48+,49+,50+,51-,52-,53-,54-,55+,56-,57+,58-,59-,60-,61-,62+,63+,64+,65+,66-,67-,68+,69-,70+,71-/m0/s1. The summed E-state index contributed by atoms with van der Waals surface area (Å²) in [7, 11) is 0. The molecule has 0 radical (unpaired) electrons. The van der Waals surface area contributed by atoms with E-state index in [2.05, 4.69) is 11.9 Å². The number of nitrogens with one attached hydrogen (secondary N) is 1. The number of allylic oxidation sites excluding steroid dienone is 1. The summed E-state index contributed by atoms with van der Waals surface area (Å²) in [6.45, 7) is 14.1. The Balaban J connectivity index is 1.62. The Morgan fingerprint density at radius 3 is 0.940 bits per heavy atom. The number of hydrogen-bond donors (Lipinski definition) is 4. The molecule has 30 atom stereocenters. The molecule has 0 aromatic carbocycles. The molecule has 45 heteroatoms. The monoisotopic (exact) mass is 1670 g/mol. The van der Waals surface area contributed by atoms with Crippen LogP contribution < -0.4 is 5.32 Å². The maximum absolute atomic E-state index is 14.0. The molecule has 654 valence electrons. The summed E-state index contributed by atoms with van der Waals surface area (Å²) in [5, 5.41) is 35.8. The molecule has 6 saturated heterocycles. The molecule has 0 aromatic rings. The predicted octanol–water partition coefficient (Wildman–Crippen LogP) is -2.95. The van der Waals surface area contributed by atoms with Gasteiger partial charge in [-0.2, -0.15) is 0 Å². The predicted molar refractivity (Wildman–Crippen MR) is 366 cm³/mol. The Kier molecular flexibility index (Phi) is 37.0. The first kappa shape index (κ1) is 96.0. The van der Waals surface area contributed by atoms with Crippen molar-refractivity contribution in [2.24, 2.45) is 0 Å². The fourth-order valence-corrected chi connectivity index (χ4v) is 13.1. The van der Waals surface area contributed by atoms with E-state index in [0.29, 0.717) is 12.8 Å². The van der Waals surface area contributed by atoms with E-state index in [9.17, 15) is 87.2 Å². The van der Waals surface area contributed by atoms with Crippen molar-refractivity contribution in [2.75, 3.05) is 39.6 Å². The van der Waals surface area contributed by atoms with Crippen LogP contribution in [0, 0.1) is 0 Å². The van der Waals surface area contributed by atoms with Crippen LogP contribution in [0.2, 0.25) is 0 Å². The molecule has 0 aromatic heterocycles. The van der Waals surface area contributed by atoms with Gasteiger partial charge >= 0.3 is 83.6 Å². The van der Waals surface area contributed by atoms with Gasteiger partial charge in [0.15, 0.2) is 98.8 Å². The Morgan fingerprint density at radius 2 is 0.578 bits per heavy atom. The highest BCUT2D eigenvalue weighted by atomic mass is 16.8. The summed E-state index contributed by atoms with van der Waals surface area (Å²) in [5.41, 5.74) is 0. The maximum Gasteiger partial charge on any atom is 0.303 e. The lowest BCUT2D eigenvalue weighted by molar-refractivity contribution is -0.393. The van der Waals surface area contributed by atoms with Gasteiger partial charge in [0.2, 0.25) is 5.91 Å². The Hall–Kier alpha value is -8.81.